The molecule has 46 heavy (non-hydrogen) atoms. The molecule has 9 heteroatoms. The third-order valence-electron chi connectivity index (χ3n) is 14.8. The molecule has 0 spiro atoms. The normalized spacial score (nSPS) is 43.3. The van der Waals surface area contributed by atoms with Crippen molar-refractivity contribution in [2.24, 2.45) is 56.2 Å². The summed E-state index contributed by atoms with van der Waals surface area (Å²) >= 11 is 0. The number of carbonyl (C=O) groups is 5. The van der Waals surface area contributed by atoms with Gasteiger partial charge in [-0.2, -0.15) is 0 Å². The lowest BCUT2D eigenvalue weighted by atomic mass is 9.33. The average Bonchev–Trinajstić information content (AvgIpc) is 2.97. The molecule has 5 aliphatic rings. The average molecular weight is 642 g/mol. The molecule has 256 valence electrons. The second-order valence-electron chi connectivity index (χ2n) is 17.3. The van der Waals surface area contributed by atoms with E-state index < -0.39 is 40.7 Å². The Hall–Kier alpha value is -2.71. The van der Waals surface area contributed by atoms with Gasteiger partial charge in [0.25, 0.3) is 0 Å². The Kier molecular flexibility index (Phi) is 8.42. The first-order valence-corrected chi connectivity index (χ1v) is 17.2. The highest BCUT2D eigenvalue weighted by atomic mass is 16.5. The third kappa shape index (κ3) is 4.87. The van der Waals surface area contributed by atoms with Crippen molar-refractivity contribution in [2.75, 3.05) is 14.2 Å². The van der Waals surface area contributed by atoms with Gasteiger partial charge in [-0.3, -0.25) is 19.2 Å². The number of carbonyl (C=O) groups excluding carboxylic acids is 4. The van der Waals surface area contributed by atoms with E-state index in [4.69, 9.17) is 9.47 Å². The van der Waals surface area contributed by atoms with E-state index in [0.717, 1.165) is 32.1 Å². The van der Waals surface area contributed by atoms with Crippen LogP contribution in [-0.4, -0.2) is 55.0 Å². The van der Waals surface area contributed by atoms with Crippen LogP contribution in [0, 0.1) is 56.2 Å². The number of ketones is 1. The summed E-state index contributed by atoms with van der Waals surface area (Å²) in [5.41, 5.74) is -0.945. The van der Waals surface area contributed by atoms with E-state index >= 15 is 0 Å². The Balaban J connectivity index is 1.47. The first-order chi connectivity index (χ1) is 21.2. The summed E-state index contributed by atoms with van der Waals surface area (Å²) in [6.07, 6.45) is 8.72. The van der Waals surface area contributed by atoms with Crippen LogP contribution in [0.2, 0.25) is 0 Å². The quantitative estimate of drug-likeness (QED) is 0.343. The minimum absolute atomic E-state index is 0.00573. The molecule has 0 aromatic carbocycles. The Labute approximate surface area is 274 Å². The zero-order valence-electron chi connectivity index (χ0n) is 29.3. The van der Waals surface area contributed by atoms with Gasteiger partial charge < -0.3 is 19.9 Å². The molecular formula is C37H55NO8. The van der Waals surface area contributed by atoms with Gasteiger partial charge >= 0.3 is 17.9 Å². The summed E-state index contributed by atoms with van der Waals surface area (Å²) in [5.74, 6) is -2.64. The van der Waals surface area contributed by atoms with Crippen LogP contribution in [0.4, 0.5) is 0 Å². The lowest BCUT2D eigenvalue weighted by Gasteiger charge is -2.70. The van der Waals surface area contributed by atoms with Gasteiger partial charge in [-0.1, -0.05) is 47.1 Å². The highest BCUT2D eigenvalue weighted by Gasteiger charge is 2.70. The molecule has 0 saturated heterocycles. The second kappa shape index (κ2) is 11.2. The van der Waals surface area contributed by atoms with E-state index in [1.54, 1.807) is 0 Å². The molecule has 5 aliphatic carbocycles. The van der Waals surface area contributed by atoms with Crippen molar-refractivity contribution in [3.63, 3.8) is 0 Å². The van der Waals surface area contributed by atoms with Crippen molar-refractivity contribution in [2.45, 2.75) is 119 Å². The minimum atomic E-state index is -1.13. The molecule has 2 N–H and O–H groups in total. The van der Waals surface area contributed by atoms with Crippen LogP contribution in [0.15, 0.2) is 11.6 Å². The minimum Gasteiger partial charge on any atom is -0.481 e. The van der Waals surface area contributed by atoms with Crippen LogP contribution in [0.3, 0.4) is 0 Å². The van der Waals surface area contributed by atoms with Crippen molar-refractivity contribution in [3.05, 3.63) is 11.6 Å². The van der Waals surface area contributed by atoms with Gasteiger partial charge in [0.05, 0.1) is 26.1 Å². The molecular weight excluding hydrogens is 586 g/mol. The Morgan fingerprint density at radius 3 is 2.17 bits per heavy atom. The summed E-state index contributed by atoms with van der Waals surface area (Å²) in [7, 11) is 2.46. The van der Waals surface area contributed by atoms with Crippen LogP contribution in [0.1, 0.15) is 113 Å². The van der Waals surface area contributed by atoms with Gasteiger partial charge in [0.15, 0.2) is 5.78 Å². The number of esters is 2. The summed E-state index contributed by atoms with van der Waals surface area (Å²) in [5, 5.41) is 13.0. The molecule has 0 aromatic rings. The fourth-order valence-corrected chi connectivity index (χ4v) is 11.7. The van der Waals surface area contributed by atoms with Crippen LogP contribution in [-0.2, 0) is 33.4 Å². The van der Waals surface area contributed by atoms with Crippen molar-refractivity contribution in [1.82, 2.24) is 5.32 Å². The Morgan fingerprint density at radius 1 is 0.913 bits per heavy atom. The number of aliphatic carboxylic acids is 1. The molecule has 0 radical (unpaired) electrons. The predicted octanol–water partition coefficient (Wildman–Crippen LogP) is 5.89. The zero-order valence-corrected chi connectivity index (χ0v) is 29.3. The molecule has 4 fully saturated rings. The zero-order chi connectivity index (χ0) is 34.3. The Morgan fingerprint density at radius 2 is 1.57 bits per heavy atom. The number of rotatable bonds is 6. The van der Waals surface area contributed by atoms with Gasteiger partial charge in [-0.25, -0.2) is 4.79 Å². The summed E-state index contributed by atoms with van der Waals surface area (Å²) < 4.78 is 9.60. The SMILES string of the molecule is COC(=O)CC(NC(=O)[C@H]1CC[C@]2(C)[C@H]3C(=O)C=C4[C@@H]5C[C@@](C)(C(=O)O)CC[C@]5(C)CC[C@@]4(C)[C@]3(C)CC[C@H]2C1(C)C)C(=O)OC. The van der Waals surface area contributed by atoms with Crippen LogP contribution < -0.4 is 5.32 Å². The number of allylic oxidation sites excluding steroid dienone is 2. The molecule has 10 atom stereocenters. The Bertz CT molecular complexity index is 1370. The number of hydrogen-bond donors (Lipinski definition) is 2. The van der Waals surface area contributed by atoms with E-state index in [2.05, 4.69) is 46.9 Å². The molecule has 0 aromatic heterocycles. The van der Waals surface area contributed by atoms with Gasteiger partial charge in [-0.05, 0) is 110 Å². The van der Waals surface area contributed by atoms with Crippen LogP contribution in [0.5, 0.6) is 0 Å². The summed E-state index contributed by atoms with van der Waals surface area (Å²) in [4.78, 5) is 65.3. The van der Waals surface area contributed by atoms with E-state index in [9.17, 15) is 29.1 Å². The number of carboxylic acids is 1. The molecule has 0 bridgehead atoms. The highest BCUT2D eigenvalue weighted by Crippen LogP contribution is 2.75. The van der Waals surface area contributed by atoms with Gasteiger partial charge in [0.1, 0.15) is 6.04 Å². The molecule has 1 amide bonds. The maximum Gasteiger partial charge on any atom is 0.328 e. The van der Waals surface area contributed by atoms with E-state index in [1.165, 1.54) is 19.8 Å². The monoisotopic (exact) mass is 641 g/mol. The smallest absolute Gasteiger partial charge is 0.328 e. The molecule has 0 aliphatic heterocycles. The second-order valence-corrected chi connectivity index (χ2v) is 17.3. The topological polar surface area (TPSA) is 136 Å². The van der Waals surface area contributed by atoms with Crippen LogP contribution >= 0.6 is 0 Å². The summed E-state index contributed by atoms with van der Waals surface area (Å²) in [6.45, 7) is 15.4. The number of amides is 1. The number of hydrogen-bond acceptors (Lipinski definition) is 7. The van der Waals surface area contributed by atoms with Crippen molar-refractivity contribution in [3.8, 4) is 0 Å². The molecule has 4 saturated carbocycles. The number of nitrogens with one attached hydrogen (secondary N) is 1. The molecule has 0 heterocycles. The fraction of sp³-hybridized carbons (Fsp3) is 0.811. The molecule has 9 nitrogen and oxygen atoms in total. The number of ether oxygens (including phenoxy) is 2. The standard InChI is InChI=1S/C37H55NO8/c1-32(2)21(29(41)38-24(30(42)46-9)19-27(40)45-8)10-12-35(5)26(32)11-13-37(7)28(35)25(39)18-22-23-20-34(4,31(43)44)15-14-33(23,3)16-17-36(22,37)6/h18,21,23-24,26,28H,10-17,19-20H2,1-9H3,(H,38,41)(H,43,44)/t21-,23+,24?,26+,28-,33-,34+,35+,36-,37-/m1/s1. The van der Waals surface area contributed by atoms with E-state index in [0.29, 0.717) is 25.7 Å². The van der Waals surface area contributed by atoms with E-state index in [-0.39, 0.29) is 57.5 Å². The highest BCUT2D eigenvalue weighted by molar-refractivity contribution is 5.96. The summed E-state index contributed by atoms with van der Waals surface area (Å²) in [6, 6.07) is -1.13. The number of fused-ring (bicyclic) bond motifs is 7. The fourth-order valence-electron chi connectivity index (χ4n) is 11.7. The maximum absolute atomic E-state index is 14.6. The largest absolute Gasteiger partial charge is 0.481 e. The van der Waals surface area contributed by atoms with Crippen molar-refractivity contribution < 1.29 is 38.6 Å². The van der Waals surface area contributed by atoms with Crippen molar-refractivity contribution >= 4 is 29.6 Å². The van der Waals surface area contributed by atoms with Gasteiger partial charge in [-0.15, -0.1) is 0 Å². The predicted molar refractivity (Wildman–Crippen MR) is 171 cm³/mol. The van der Waals surface area contributed by atoms with Crippen LogP contribution in [0.25, 0.3) is 0 Å². The van der Waals surface area contributed by atoms with E-state index in [1.807, 2.05) is 13.0 Å². The molecule has 5 rings (SSSR count). The van der Waals surface area contributed by atoms with Gasteiger partial charge in [0.2, 0.25) is 5.91 Å². The van der Waals surface area contributed by atoms with Gasteiger partial charge in [0, 0.05) is 11.8 Å². The number of carboxylic acid groups (broad SMARTS) is 1. The molecule has 1 unspecified atom stereocenters. The van der Waals surface area contributed by atoms with Crippen molar-refractivity contribution in [1.29, 1.82) is 0 Å². The first kappa shape index (κ1) is 34.6. The number of methoxy groups -OCH3 is 2. The lowest BCUT2D eigenvalue weighted by Crippen LogP contribution is -2.66. The lowest BCUT2D eigenvalue weighted by molar-refractivity contribution is -0.195. The maximum atomic E-state index is 14.6. The third-order valence-corrected chi connectivity index (χ3v) is 14.8. The first-order valence-electron chi connectivity index (χ1n) is 17.2.